The lowest BCUT2D eigenvalue weighted by molar-refractivity contribution is -0.142. The summed E-state index contributed by atoms with van der Waals surface area (Å²) in [5.41, 5.74) is 0. The first kappa shape index (κ1) is 15.4. The zero-order valence-corrected chi connectivity index (χ0v) is 11.6. The van der Waals surface area contributed by atoms with Crippen LogP contribution in [-0.2, 0) is 19.6 Å². The van der Waals surface area contributed by atoms with E-state index in [4.69, 9.17) is 5.11 Å². The highest BCUT2D eigenvalue weighted by molar-refractivity contribution is 7.89. The van der Waals surface area contributed by atoms with Gasteiger partial charge in [0.15, 0.2) is 0 Å². The van der Waals surface area contributed by atoms with Crippen LogP contribution in [0, 0.1) is 5.92 Å². The summed E-state index contributed by atoms with van der Waals surface area (Å²) in [4.78, 5) is 11.1. The number of carbonyl (C=O) groups excluding carboxylic acids is 1. The molecule has 0 saturated heterocycles. The third-order valence-electron chi connectivity index (χ3n) is 3.07. The summed E-state index contributed by atoms with van der Waals surface area (Å²) in [6.45, 7) is 2.34. The van der Waals surface area contributed by atoms with Crippen LogP contribution in [0.1, 0.15) is 26.2 Å². The van der Waals surface area contributed by atoms with Crippen LogP contribution in [0.5, 0.6) is 0 Å². The molecule has 0 heterocycles. The molecule has 6 nitrogen and oxygen atoms in total. The number of aliphatic hydroxyl groups excluding tert-OH is 1. The fraction of sp³-hybridized carbons (Fsp3) is 0.909. The third kappa shape index (κ3) is 4.55. The summed E-state index contributed by atoms with van der Waals surface area (Å²) in [6, 6.07) is 0. The number of rotatable bonds is 7. The van der Waals surface area contributed by atoms with Crippen molar-refractivity contribution in [2.24, 2.45) is 5.92 Å². The standard InChI is InChI=1S/C11H21NO5S/c1-3-17-11(14)4-5-18(15,16)12(2)8-9-6-10(13)7-9/h9-10,13H,3-8H2,1-2H3. The normalized spacial score (nSPS) is 23.8. The average Bonchev–Trinajstić information content (AvgIpc) is 2.25. The van der Waals surface area contributed by atoms with Gasteiger partial charge >= 0.3 is 5.97 Å². The maximum atomic E-state index is 11.9. The van der Waals surface area contributed by atoms with Crippen molar-refractivity contribution in [2.45, 2.75) is 32.3 Å². The van der Waals surface area contributed by atoms with Crippen LogP contribution in [0.3, 0.4) is 0 Å². The number of esters is 1. The maximum absolute atomic E-state index is 11.9. The molecule has 18 heavy (non-hydrogen) atoms. The van der Waals surface area contributed by atoms with Gasteiger partial charge in [0, 0.05) is 13.6 Å². The molecule has 106 valence electrons. The number of aliphatic hydroxyl groups is 1. The Morgan fingerprint density at radius 3 is 2.56 bits per heavy atom. The van der Waals surface area contributed by atoms with Gasteiger partial charge in [-0.25, -0.2) is 12.7 Å². The Morgan fingerprint density at radius 1 is 1.44 bits per heavy atom. The van der Waals surface area contributed by atoms with Crippen molar-refractivity contribution < 1.29 is 23.1 Å². The van der Waals surface area contributed by atoms with Gasteiger partial charge in [-0.3, -0.25) is 4.79 Å². The molecule has 0 aliphatic heterocycles. The van der Waals surface area contributed by atoms with E-state index in [1.165, 1.54) is 11.4 Å². The van der Waals surface area contributed by atoms with Crippen LogP contribution < -0.4 is 0 Å². The van der Waals surface area contributed by atoms with Gasteiger partial charge in [-0.2, -0.15) is 0 Å². The smallest absolute Gasteiger partial charge is 0.306 e. The van der Waals surface area contributed by atoms with Gasteiger partial charge in [-0.15, -0.1) is 0 Å². The van der Waals surface area contributed by atoms with Gasteiger partial charge in [-0.1, -0.05) is 0 Å². The van der Waals surface area contributed by atoms with Crippen LogP contribution >= 0.6 is 0 Å². The van der Waals surface area contributed by atoms with Crippen LogP contribution in [0.25, 0.3) is 0 Å². The average molecular weight is 279 g/mol. The van der Waals surface area contributed by atoms with E-state index in [-0.39, 0.29) is 30.8 Å². The molecular formula is C11H21NO5S. The molecule has 1 rings (SSSR count). The highest BCUT2D eigenvalue weighted by Crippen LogP contribution is 2.28. The van der Waals surface area contributed by atoms with Crippen LogP contribution in [0.4, 0.5) is 0 Å². The Hall–Kier alpha value is -0.660. The number of nitrogens with zero attached hydrogens (tertiary/aromatic N) is 1. The lowest BCUT2D eigenvalue weighted by Gasteiger charge is -2.34. The lowest BCUT2D eigenvalue weighted by atomic mass is 9.82. The molecular weight excluding hydrogens is 258 g/mol. The molecule has 1 fully saturated rings. The highest BCUT2D eigenvalue weighted by Gasteiger charge is 2.31. The van der Waals surface area contributed by atoms with Gasteiger partial charge in [-0.05, 0) is 25.7 Å². The van der Waals surface area contributed by atoms with Gasteiger partial charge in [0.05, 0.1) is 24.9 Å². The largest absolute Gasteiger partial charge is 0.466 e. The first-order valence-electron chi connectivity index (χ1n) is 6.13. The van der Waals surface area contributed by atoms with Crippen LogP contribution in [0.2, 0.25) is 0 Å². The summed E-state index contributed by atoms with van der Waals surface area (Å²) in [5.74, 6) is -0.492. The van der Waals surface area contributed by atoms with Crippen molar-refractivity contribution in [1.29, 1.82) is 0 Å². The first-order chi connectivity index (χ1) is 8.35. The summed E-state index contributed by atoms with van der Waals surface area (Å²) in [7, 11) is -1.91. The SMILES string of the molecule is CCOC(=O)CCS(=O)(=O)N(C)CC1CC(O)C1. The van der Waals surface area contributed by atoms with E-state index >= 15 is 0 Å². The Morgan fingerprint density at radius 2 is 2.06 bits per heavy atom. The molecule has 0 amide bonds. The number of carbonyl (C=O) groups is 1. The second kappa shape index (κ2) is 6.49. The van der Waals surface area contributed by atoms with Gasteiger partial charge in [0.2, 0.25) is 10.0 Å². The molecule has 0 aromatic rings. The van der Waals surface area contributed by atoms with Crippen molar-refractivity contribution in [3.63, 3.8) is 0 Å². The van der Waals surface area contributed by atoms with Gasteiger partial charge in [0.25, 0.3) is 0 Å². The lowest BCUT2D eigenvalue weighted by Crippen LogP contribution is -2.40. The quantitative estimate of drug-likeness (QED) is 0.662. The Kier molecular flexibility index (Phi) is 5.55. The molecule has 0 spiro atoms. The van der Waals surface area contributed by atoms with Crippen molar-refractivity contribution >= 4 is 16.0 Å². The monoisotopic (exact) mass is 279 g/mol. The Labute approximate surface area is 108 Å². The predicted molar refractivity (Wildman–Crippen MR) is 66.4 cm³/mol. The van der Waals surface area contributed by atoms with E-state index in [0.717, 1.165) is 0 Å². The zero-order valence-electron chi connectivity index (χ0n) is 10.8. The van der Waals surface area contributed by atoms with E-state index in [9.17, 15) is 13.2 Å². The maximum Gasteiger partial charge on any atom is 0.306 e. The number of hydrogen-bond donors (Lipinski definition) is 1. The molecule has 0 bridgehead atoms. The molecule has 1 N–H and O–H groups in total. The van der Waals surface area contributed by atoms with E-state index in [2.05, 4.69) is 4.74 Å². The molecule has 1 aliphatic carbocycles. The Balaban J connectivity index is 2.35. The summed E-state index contributed by atoms with van der Waals surface area (Å²) in [5, 5.41) is 9.14. The second-order valence-corrected chi connectivity index (χ2v) is 6.84. The molecule has 0 aromatic carbocycles. The minimum atomic E-state index is -3.41. The van der Waals surface area contributed by atoms with E-state index in [0.29, 0.717) is 19.4 Å². The fourth-order valence-electron chi connectivity index (χ4n) is 1.93. The fourth-order valence-corrected chi connectivity index (χ4v) is 3.10. The molecule has 0 unspecified atom stereocenters. The summed E-state index contributed by atoms with van der Waals surface area (Å²) in [6.07, 6.45) is 0.897. The van der Waals surface area contributed by atoms with Crippen molar-refractivity contribution in [3.8, 4) is 0 Å². The van der Waals surface area contributed by atoms with Gasteiger partial charge in [0.1, 0.15) is 0 Å². The molecule has 0 atom stereocenters. The van der Waals surface area contributed by atoms with Crippen LogP contribution in [-0.4, -0.2) is 55.9 Å². The minimum Gasteiger partial charge on any atom is -0.466 e. The van der Waals surface area contributed by atoms with Crippen molar-refractivity contribution in [2.75, 3.05) is 26.0 Å². The number of sulfonamides is 1. The molecule has 0 aromatic heterocycles. The summed E-state index contributed by atoms with van der Waals surface area (Å²) < 4.78 is 29.7. The van der Waals surface area contributed by atoms with Crippen molar-refractivity contribution in [3.05, 3.63) is 0 Å². The molecule has 7 heteroatoms. The van der Waals surface area contributed by atoms with Gasteiger partial charge < -0.3 is 9.84 Å². The topological polar surface area (TPSA) is 83.9 Å². The van der Waals surface area contributed by atoms with E-state index in [1.807, 2.05) is 0 Å². The number of ether oxygens (including phenoxy) is 1. The third-order valence-corrected chi connectivity index (χ3v) is 4.89. The number of hydrogen-bond acceptors (Lipinski definition) is 5. The van der Waals surface area contributed by atoms with E-state index in [1.54, 1.807) is 6.92 Å². The predicted octanol–water partition coefficient (Wildman–Crippen LogP) is -0.0279. The molecule has 0 radical (unpaired) electrons. The second-order valence-electron chi connectivity index (χ2n) is 4.64. The molecule has 1 aliphatic rings. The first-order valence-corrected chi connectivity index (χ1v) is 7.73. The Bertz CT molecular complexity index is 375. The van der Waals surface area contributed by atoms with Crippen LogP contribution in [0.15, 0.2) is 0 Å². The zero-order chi connectivity index (χ0) is 13.8. The highest BCUT2D eigenvalue weighted by atomic mass is 32.2. The molecule has 1 saturated carbocycles. The minimum absolute atomic E-state index is 0.117. The summed E-state index contributed by atoms with van der Waals surface area (Å²) >= 11 is 0. The van der Waals surface area contributed by atoms with Crippen molar-refractivity contribution in [1.82, 2.24) is 4.31 Å². The van der Waals surface area contributed by atoms with E-state index < -0.39 is 16.0 Å².